The second kappa shape index (κ2) is 6.22. The van der Waals surface area contributed by atoms with Gasteiger partial charge in [0.2, 0.25) is 5.91 Å². The summed E-state index contributed by atoms with van der Waals surface area (Å²) >= 11 is 0. The van der Waals surface area contributed by atoms with E-state index in [1.807, 2.05) is 6.92 Å². The predicted octanol–water partition coefficient (Wildman–Crippen LogP) is 0.233. The predicted molar refractivity (Wildman–Crippen MR) is 62.2 cm³/mol. The summed E-state index contributed by atoms with van der Waals surface area (Å²) in [7, 11) is 1.44. The zero-order valence-corrected chi connectivity index (χ0v) is 10.3. The average molecular weight is 241 g/mol. The van der Waals surface area contributed by atoms with Gasteiger partial charge in [0, 0.05) is 20.0 Å². The van der Waals surface area contributed by atoms with Crippen molar-refractivity contribution in [1.29, 1.82) is 0 Å². The Morgan fingerprint density at radius 2 is 2.18 bits per heavy atom. The molecule has 0 radical (unpaired) electrons. The van der Waals surface area contributed by atoms with Gasteiger partial charge < -0.3 is 10.6 Å². The molecule has 1 aliphatic heterocycles. The van der Waals surface area contributed by atoms with Crippen LogP contribution in [-0.4, -0.2) is 42.4 Å². The standard InChI is InChI=1S/C11H19N3O3/c1-3-4-7-12-11(17)13-8-5-6-9(15)14(2)10(8)16/h8H,3-7H2,1-2H3,(H2,12,13,17). The molecular formula is C11H19N3O3. The van der Waals surface area contributed by atoms with Crippen LogP contribution in [0, 0.1) is 0 Å². The Labute approximate surface area is 101 Å². The van der Waals surface area contributed by atoms with Gasteiger partial charge in [0.15, 0.2) is 0 Å². The van der Waals surface area contributed by atoms with Crippen molar-refractivity contribution < 1.29 is 14.4 Å². The topological polar surface area (TPSA) is 78.5 Å². The number of piperidine rings is 1. The van der Waals surface area contributed by atoms with Gasteiger partial charge in [-0.15, -0.1) is 0 Å². The lowest BCUT2D eigenvalue weighted by atomic mass is 10.1. The average Bonchev–Trinajstić information content (AvgIpc) is 2.30. The van der Waals surface area contributed by atoms with Crippen LogP contribution in [0.3, 0.4) is 0 Å². The molecule has 0 aromatic carbocycles. The highest BCUT2D eigenvalue weighted by molar-refractivity contribution is 6.01. The second-order valence-electron chi connectivity index (χ2n) is 4.14. The van der Waals surface area contributed by atoms with Crippen molar-refractivity contribution in [3.05, 3.63) is 0 Å². The summed E-state index contributed by atoms with van der Waals surface area (Å²) in [6, 6.07) is -0.932. The van der Waals surface area contributed by atoms with E-state index in [4.69, 9.17) is 0 Å². The number of carbonyl (C=O) groups is 3. The number of hydrogen-bond acceptors (Lipinski definition) is 3. The lowest BCUT2D eigenvalue weighted by Crippen LogP contribution is -2.54. The van der Waals surface area contributed by atoms with E-state index in [1.54, 1.807) is 0 Å². The molecule has 0 bridgehead atoms. The van der Waals surface area contributed by atoms with Gasteiger partial charge in [-0.3, -0.25) is 14.5 Å². The highest BCUT2D eigenvalue weighted by atomic mass is 16.2. The Kier molecular flexibility index (Phi) is 4.93. The molecule has 1 heterocycles. The first-order valence-corrected chi connectivity index (χ1v) is 5.91. The van der Waals surface area contributed by atoms with Crippen molar-refractivity contribution in [2.75, 3.05) is 13.6 Å². The third kappa shape index (κ3) is 3.72. The molecule has 4 amide bonds. The van der Waals surface area contributed by atoms with Crippen LogP contribution in [0.15, 0.2) is 0 Å². The zero-order valence-electron chi connectivity index (χ0n) is 10.3. The van der Waals surface area contributed by atoms with E-state index < -0.39 is 6.04 Å². The van der Waals surface area contributed by atoms with Crippen molar-refractivity contribution >= 4 is 17.8 Å². The molecule has 96 valence electrons. The maximum absolute atomic E-state index is 11.7. The van der Waals surface area contributed by atoms with E-state index in [9.17, 15) is 14.4 Å². The van der Waals surface area contributed by atoms with Crippen molar-refractivity contribution in [3.63, 3.8) is 0 Å². The molecule has 6 heteroatoms. The number of unbranched alkanes of at least 4 members (excludes halogenated alkanes) is 1. The number of amides is 4. The van der Waals surface area contributed by atoms with Gasteiger partial charge >= 0.3 is 6.03 Å². The van der Waals surface area contributed by atoms with Crippen LogP contribution in [0.2, 0.25) is 0 Å². The van der Waals surface area contributed by atoms with Gasteiger partial charge in [-0.2, -0.15) is 0 Å². The summed E-state index contributed by atoms with van der Waals surface area (Å²) in [5.41, 5.74) is 0. The lowest BCUT2D eigenvalue weighted by Gasteiger charge is -2.28. The van der Waals surface area contributed by atoms with E-state index in [-0.39, 0.29) is 17.8 Å². The molecule has 1 saturated heterocycles. The van der Waals surface area contributed by atoms with E-state index >= 15 is 0 Å². The number of nitrogens with zero attached hydrogens (tertiary/aromatic N) is 1. The SMILES string of the molecule is CCCCNC(=O)NC1CCC(=O)N(C)C1=O. The third-order valence-electron chi connectivity index (χ3n) is 2.77. The first-order chi connectivity index (χ1) is 8.06. The quantitative estimate of drug-likeness (QED) is 0.546. The van der Waals surface area contributed by atoms with Crippen molar-refractivity contribution in [1.82, 2.24) is 15.5 Å². The minimum atomic E-state index is -0.584. The van der Waals surface area contributed by atoms with Crippen LogP contribution in [0.25, 0.3) is 0 Å². The Bertz CT molecular complexity index is 317. The Morgan fingerprint density at radius 1 is 1.47 bits per heavy atom. The first kappa shape index (κ1) is 13.5. The van der Waals surface area contributed by atoms with E-state index in [2.05, 4.69) is 10.6 Å². The molecule has 1 fully saturated rings. The summed E-state index contributed by atoms with van der Waals surface area (Å²) < 4.78 is 0. The molecule has 6 nitrogen and oxygen atoms in total. The number of likely N-dealkylation sites (N-methyl/N-ethyl adjacent to an activating group) is 1. The molecule has 0 aliphatic carbocycles. The third-order valence-corrected chi connectivity index (χ3v) is 2.77. The fraction of sp³-hybridized carbons (Fsp3) is 0.727. The summed E-state index contributed by atoms with van der Waals surface area (Å²) in [5.74, 6) is -0.536. The Hall–Kier alpha value is -1.59. The molecule has 0 saturated carbocycles. The van der Waals surface area contributed by atoms with Gasteiger partial charge in [0.1, 0.15) is 6.04 Å². The fourth-order valence-corrected chi connectivity index (χ4v) is 1.64. The maximum Gasteiger partial charge on any atom is 0.315 e. The number of imide groups is 1. The minimum absolute atomic E-state index is 0.195. The summed E-state index contributed by atoms with van der Waals surface area (Å²) in [4.78, 5) is 35.4. The largest absolute Gasteiger partial charge is 0.338 e. The second-order valence-corrected chi connectivity index (χ2v) is 4.14. The summed E-state index contributed by atoms with van der Waals surface area (Å²) in [6.07, 6.45) is 2.58. The fourth-order valence-electron chi connectivity index (χ4n) is 1.64. The number of likely N-dealkylation sites (tertiary alicyclic amines) is 1. The minimum Gasteiger partial charge on any atom is -0.338 e. The van der Waals surface area contributed by atoms with Crippen molar-refractivity contribution in [3.8, 4) is 0 Å². The van der Waals surface area contributed by atoms with E-state index in [0.717, 1.165) is 17.7 Å². The Balaban J connectivity index is 2.38. The molecule has 1 rings (SSSR count). The smallest absolute Gasteiger partial charge is 0.315 e. The van der Waals surface area contributed by atoms with Crippen LogP contribution in [0.5, 0.6) is 0 Å². The number of nitrogens with one attached hydrogen (secondary N) is 2. The van der Waals surface area contributed by atoms with Crippen LogP contribution < -0.4 is 10.6 Å². The van der Waals surface area contributed by atoms with E-state index in [1.165, 1.54) is 7.05 Å². The zero-order chi connectivity index (χ0) is 12.8. The van der Waals surface area contributed by atoms with Crippen LogP contribution >= 0.6 is 0 Å². The molecule has 1 atom stereocenters. The number of urea groups is 1. The molecule has 0 aromatic rings. The van der Waals surface area contributed by atoms with Crippen molar-refractivity contribution in [2.24, 2.45) is 0 Å². The molecule has 1 unspecified atom stereocenters. The normalized spacial score (nSPS) is 20.4. The molecule has 0 aromatic heterocycles. The van der Waals surface area contributed by atoms with E-state index in [0.29, 0.717) is 19.4 Å². The number of rotatable bonds is 4. The molecule has 0 spiro atoms. The maximum atomic E-state index is 11.7. The van der Waals surface area contributed by atoms with Crippen molar-refractivity contribution in [2.45, 2.75) is 38.6 Å². The first-order valence-electron chi connectivity index (χ1n) is 5.91. The van der Waals surface area contributed by atoms with Gasteiger partial charge in [-0.05, 0) is 12.8 Å². The van der Waals surface area contributed by atoms with Gasteiger partial charge in [0.25, 0.3) is 5.91 Å². The summed E-state index contributed by atoms with van der Waals surface area (Å²) in [5, 5.41) is 5.26. The Morgan fingerprint density at radius 3 is 2.82 bits per heavy atom. The molecule has 17 heavy (non-hydrogen) atoms. The molecule has 1 aliphatic rings. The van der Waals surface area contributed by atoms with Gasteiger partial charge in [-0.25, -0.2) is 4.79 Å². The molecule has 2 N–H and O–H groups in total. The van der Waals surface area contributed by atoms with Crippen LogP contribution in [-0.2, 0) is 9.59 Å². The number of hydrogen-bond donors (Lipinski definition) is 2. The summed E-state index contributed by atoms with van der Waals surface area (Å²) in [6.45, 7) is 2.63. The van der Waals surface area contributed by atoms with Crippen LogP contribution in [0.1, 0.15) is 32.6 Å². The highest BCUT2D eigenvalue weighted by Gasteiger charge is 2.32. The number of carbonyl (C=O) groups excluding carboxylic acids is 3. The van der Waals surface area contributed by atoms with Gasteiger partial charge in [0.05, 0.1) is 0 Å². The monoisotopic (exact) mass is 241 g/mol. The van der Waals surface area contributed by atoms with Gasteiger partial charge in [-0.1, -0.05) is 13.3 Å². The molecular weight excluding hydrogens is 222 g/mol. The highest BCUT2D eigenvalue weighted by Crippen LogP contribution is 2.10. The lowest BCUT2D eigenvalue weighted by molar-refractivity contribution is -0.147. The van der Waals surface area contributed by atoms with Crippen LogP contribution in [0.4, 0.5) is 4.79 Å².